The molecule has 0 aliphatic heterocycles. The summed E-state index contributed by atoms with van der Waals surface area (Å²) < 4.78 is 32.6. The van der Waals surface area contributed by atoms with Crippen LogP contribution in [0.5, 0.6) is 5.75 Å². The molecule has 2 rings (SSSR count). The van der Waals surface area contributed by atoms with Crippen LogP contribution in [0.3, 0.4) is 0 Å². The third-order valence-electron chi connectivity index (χ3n) is 2.45. The number of hydrogen-bond acceptors (Lipinski definition) is 3. The van der Waals surface area contributed by atoms with Crippen LogP contribution in [0, 0.1) is 11.6 Å². The maximum atomic E-state index is 13.9. The molecule has 1 aromatic carbocycles. The summed E-state index contributed by atoms with van der Waals surface area (Å²) in [4.78, 5) is 6.87. The van der Waals surface area contributed by atoms with Gasteiger partial charge in [0.25, 0.3) is 0 Å². The van der Waals surface area contributed by atoms with E-state index in [2.05, 4.69) is 25.9 Å². The van der Waals surface area contributed by atoms with Gasteiger partial charge in [0, 0.05) is 18.2 Å². The highest BCUT2D eigenvalue weighted by atomic mass is 79.9. The fraction of sp³-hybridized carbons (Fsp3) is 0.182. The standard InChI is InChI=1S/C11H10BrF2N3O/c1-18-9-3-6(13)5(2-7(9)14)10-8(4-15)16-11(12)17-10/h2-3H,4,15H2,1H3,(H,16,17). The summed E-state index contributed by atoms with van der Waals surface area (Å²) >= 11 is 3.13. The van der Waals surface area contributed by atoms with E-state index >= 15 is 0 Å². The SMILES string of the molecule is COc1cc(F)c(-c2nc(Br)[nH]c2CN)cc1F. The summed E-state index contributed by atoms with van der Waals surface area (Å²) in [6.45, 7) is 0.140. The van der Waals surface area contributed by atoms with E-state index in [9.17, 15) is 8.78 Å². The molecule has 0 fully saturated rings. The number of hydrogen-bond donors (Lipinski definition) is 2. The maximum absolute atomic E-state index is 13.9. The molecule has 0 saturated carbocycles. The zero-order chi connectivity index (χ0) is 13.3. The van der Waals surface area contributed by atoms with Gasteiger partial charge in [-0.3, -0.25) is 0 Å². The van der Waals surface area contributed by atoms with Crippen molar-refractivity contribution in [3.63, 3.8) is 0 Å². The lowest BCUT2D eigenvalue weighted by atomic mass is 10.1. The molecule has 2 aromatic rings. The number of imidazole rings is 1. The molecule has 18 heavy (non-hydrogen) atoms. The van der Waals surface area contributed by atoms with Gasteiger partial charge in [-0.1, -0.05) is 0 Å². The fourth-order valence-corrected chi connectivity index (χ4v) is 2.03. The highest BCUT2D eigenvalue weighted by Crippen LogP contribution is 2.30. The molecule has 0 saturated heterocycles. The van der Waals surface area contributed by atoms with Crippen LogP contribution in [0.15, 0.2) is 16.9 Å². The molecule has 0 aliphatic rings. The van der Waals surface area contributed by atoms with E-state index < -0.39 is 11.6 Å². The van der Waals surface area contributed by atoms with Crippen LogP contribution >= 0.6 is 15.9 Å². The number of methoxy groups -OCH3 is 1. The van der Waals surface area contributed by atoms with E-state index in [-0.39, 0.29) is 23.6 Å². The Bertz CT molecular complexity index is 586. The normalized spacial score (nSPS) is 10.7. The average molecular weight is 318 g/mol. The van der Waals surface area contributed by atoms with Crippen LogP contribution in [0.1, 0.15) is 5.69 Å². The lowest BCUT2D eigenvalue weighted by Gasteiger charge is -2.06. The van der Waals surface area contributed by atoms with E-state index in [0.717, 1.165) is 12.1 Å². The number of nitrogens with zero attached hydrogens (tertiary/aromatic N) is 1. The van der Waals surface area contributed by atoms with Gasteiger partial charge in [0.05, 0.1) is 18.5 Å². The van der Waals surface area contributed by atoms with Gasteiger partial charge in [0.15, 0.2) is 16.3 Å². The average Bonchev–Trinajstić information content (AvgIpc) is 2.72. The van der Waals surface area contributed by atoms with Gasteiger partial charge in [-0.15, -0.1) is 0 Å². The summed E-state index contributed by atoms with van der Waals surface area (Å²) in [7, 11) is 1.27. The summed E-state index contributed by atoms with van der Waals surface area (Å²) in [6.07, 6.45) is 0. The molecule has 96 valence electrons. The third-order valence-corrected chi connectivity index (χ3v) is 2.83. The van der Waals surface area contributed by atoms with Gasteiger partial charge >= 0.3 is 0 Å². The van der Waals surface area contributed by atoms with Crippen LogP contribution < -0.4 is 10.5 Å². The first kappa shape index (κ1) is 13.0. The molecule has 7 heteroatoms. The van der Waals surface area contributed by atoms with Crippen molar-refractivity contribution in [1.29, 1.82) is 0 Å². The fourth-order valence-electron chi connectivity index (χ4n) is 1.61. The summed E-state index contributed by atoms with van der Waals surface area (Å²) in [5.74, 6) is -1.43. The molecule has 4 nitrogen and oxygen atoms in total. The van der Waals surface area contributed by atoms with Gasteiger partial charge in [-0.25, -0.2) is 13.8 Å². The molecule has 0 bridgehead atoms. The van der Waals surface area contributed by atoms with Crippen molar-refractivity contribution in [1.82, 2.24) is 9.97 Å². The number of halogens is 3. The van der Waals surface area contributed by atoms with Crippen LogP contribution in [0.25, 0.3) is 11.3 Å². The number of aromatic nitrogens is 2. The van der Waals surface area contributed by atoms with Crippen LogP contribution in [0.2, 0.25) is 0 Å². The zero-order valence-electron chi connectivity index (χ0n) is 9.43. The Balaban J connectivity index is 2.60. The lowest BCUT2D eigenvalue weighted by Crippen LogP contribution is -2.00. The predicted octanol–water partition coefficient (Wildman–Crippen LogP) is 2.58. The van der Waals surface area contributed by atoms with Crippen molar-refractivity contribution in [2.75, 3.05) is 7.11 Å². The Hall–Kier alpha value is -1.47. The lowest BCUT2D eigenvalue weighted by molar-refractivity contribution is 0.383. The Labute approximate surface area is 110 Å². The quantitative estimate of drug-likeness (QED) is 0.914. The second-order valence-electron chi connectivity index (χ2n) is 3.53. The molecule has 3 N–H and O–H groups in total. The van der Waals surface area contributed by atoms with E-state index in [4.69, 9.17) is 10.5 Å². The zero-order valence-corrected chi connectivity index (χ0v) is 11.0. The summed E-state index contributed by atoms with van der Waals surface area (Å²) in [5, 5.41) is 0. The molecule has 0 aliphatic carbocycles. The molecule has 0 spiro atoms. The van der Waals surface area contributed by atoms with Crippen LogP contribution in [-0.2, 0) is 6.54 Å². The number of rotatable bonds is 3. The van der Waals surface area contributed by atoms with Crippen molar-refractivity contribution >= 4 is 15.9 Å². The minimum Gasteiger partial charge on any atom is -0.494 e. The highest BCUT2D eigenvalue weighted by Gasteiger charge is 2.17. The smallest absolute Gasteiger partial charge is 0.175 e. The van der Waals surface area contributed by atoms with E-state index in [0.29, 0.717) is 10.4 Å². The van der Waals surface area contributed by atoms with Crippen LogP contribution in [0.4, 0.5) is 8.78 Å². The maximum Gasteiger partial charge on any atom is 0.175 e. The molecule has 1 aromatic heterocycles. The van der Waals surface area contributed by atoms with Crippen molar-refractivity contribution in [2.45, 2.75) is 6.54 Å². The van der Waals surface area contributed by atoms with Gasteiger partial charge in [0.1, 0.15) is 5.82 Å². The van der Waals surface area contributed by atoms with Gasteiger partial charge in [-0.05, 0) is 22.0 Å². The van der Waals surface area contributed by atoms with E-state index in [1.165, 1.54) is 7.11 Å². The first-order chi connectivity index (χ1) is 8.56. The molecule has 0 atom stereocenters. The number of benzene rings is 1. The number of H-pyrrole nitrogens is 1. The Morgan fingerprint density at radius 1 is 1.39 bits per heavy atom. The Kier molecular flexibility index (Phi) is 3.63. The van der Waals surface area contributed by atoms with Crippen LogP contribution in [-0.4, -0.2) is 17.1 Å². The molecule has 1 heterocycles. The highest BCUT2D eigenvalue weighted by molar-refractivity contribution is 9.10. The van der Waals surface area contributed by atoms with Gasteiger partial charge in [0.2, 0.25) is 0 Å². The number of nitrogens with one attached hydrogen (secondary N) is 1. The van der Waals surface area contributed by atoms with Crippen molar-refractivity contribution in [3.8, 4) is 17.0 Å². The second-order valence-corrected chi connectivity index (χ2v) is 4.28. The Morgan fingerprint density at radius 2 is 2.11 bits per heavy atom. The van der Waals surface area contributed by atoms with Crippen molar-refractivity contribution in [2.24, 2.45) is 5.73 Å². The van der Waals surface area contributed by atoms with Crippen molar-refractivity contribution < 1.29 is 13.5 Å². The molecular formula is C11H10BrF2N3O. The predicted molar refractivity (Wildman–Crippen MR) is 66.1 cm³/mol. The van der Waals surface area contributed by atoms with Gasteiger partial charge in [-0.2, -0.15) is 0 Å². The second kappa shape index (κ2) is 5.03. The molecule has 0 unspecified atom stereocenters. The molecule has 0 amide bonds. The minimum atomic E-state index is -0.656. The largest absolute Gasteiger partial charge is 0.494 e. The van der Waals surface area contributed by atoms with E-state index in [1.54, 1.807) is 0 Å². The summed E-state index contributed by atoms with van der Waals surface area (Å²) in [5.41, 5.74) is 6.35. The number of ether oxygens (including phenoxy) is 1. The molecule has 0 radical (unpaired) electrons. The first-order valence-corrected chi connectivity index (χ1v) is 5.84. The molecular weight excluding hydrogens is 308 g/mol. The van der Waals surface area contributed by atoms with Crippen molar-refractivity contribution in [3.05, 3.63) is 34.2 Å². The number of aromatic amines is 1. The topological polar surface area (TPSA) is 63.9 Å². The monoisotopic (exact) mass is 317 g/mol. The van der Waals surface area contributed by atoms with Gasteiger partial charge < -0.3 is 15.5 Å². The van der Waals surface area contributed by atoms with E-state index in [1.807, 2.05) is 0 Å². The summed E-state index contributed by atoms with van der Waals surface area (Å²) in [6, 6.07) is 2.02. The Morgan fingerprint density at radius 3 is 2.72 bits per heavy atom. The number of nitrogens with two attached hydrogens (primary N) is 1. The third kappa shape index (κ3) is 2.23. The first-order valence-electron chi connectivity index (χ1n) is 5.04. The minimum absolute atomic E-state index is 0.0377.